The SMILES string of the molecule is CCn1c2ccccc2c2cc(/C=N\NC(=O)C(NC(=O)c3ccccc3Cl)C(C)C)ccc21. The van der Waals surface area contributed by atoms with Gasteiger partial charge in [0, 0.05) is 28.4 Å². The van der Waals surface area contributed by atoms with Crippen molar-refractivity contribution in [1.82, 2.24) is 15.3 Å². The fourth-order valence-corrected chi connectivity index (χ4v) is 4.35. The molecule has 1 atom stereocenters. The minimum atomic E-state index is -0.758. The third-order valence-electron chi connectivity index (χ3n) is 5.86. The molecule has 0 saturated carbocycles. The zero-order chi connectivity index (χ0) is 24.2. The number of fused-ring (bicyclic) bond motifs is 3. The molecule has 0 radical (unpaired) electrons. The predicted molar refractivity (Wildman–Crippen MR) is 138 cm³/mol. The lowest BCUT2D eigenvalue weighted by Gasteiger charge is -2.20. The third-order valence-corrected chi connectivity index (χ3v) is 6.18. The summed E-state index contributed by atoms with van der Waals surface area (Å²) < 4.78 is 2.28. The van der Waals surface area contributed by atoms with Gasteiger partial charge in [-0.15, -0.1) is 0 Å². The Morgan fingerprint density at radius 3 is 2.44 bits per heavy atom. The van der Waals surface area contributed by atoms with Crippen LogP contribution in [0.3, 0.4) is 0 Å². The van der Waals surface area contributed by atoms with Gasteiger partial charge in [-0.2, -0.15) is 5.10 Å². The van der Waals surface area contributed by atoms with E-state index in [1.807, 2.05) is 32.0 Å². The van der Waals surface area contributed by atoms with Gasteiger partial charge in [0.15, 0.2) is 0 Å². The molecule has 34 heavy (non-hydrogen) atoms. The van der Waals surface area contributed by atoms with Gasteiger partial charge < -0.3 is 9.88 Å². The highest BCUT2D eigenvalue weighted by molar-refractivity contribution is 6.33. The highest BCUT2D eigenvalue weighted by Gasteiger charge is 2.25. The van der Waals surface area contributed by atoms with Crippen molar-refractivity contribution in [1.29, 1.82) is 0 Å². The van der Waals surface area contributed by atoms with Crippen LogP contribution in [0.1, 0.15) is 36.7 Å². The molecule has 4 aromatic rings. The Balaban J connectivity index is 1.50. The van der Waals surface area contributed by atoms with Crippen molar-refractivity contribution >= 4 is 51.4 Å². The molecule has 2 N–H and O–H groups in total. The second-order valence-electron chi connectivity index (χ2n) is 8.45. The second kappa shape index (κ2) is 10.1. The molecule has 1 heterocycles. The summed E-state index contributed by atoms with van der Waals surface area (Å²) in [6.45, 7) is 6.73. The molecule has 1 unspecified atom stereocenters. The highest BCUT2D eigenvalue weighted by Crippen LogP contribution is 2.29. The standard InChI is InChI=1S/C27H27ClN4O2/c1-4-32-23-12-8-6-9-19(23)21-15-18(13-14-24(21)32)16-29-31-27(34)25(17(2)3)30-26(33)20-10-5-7-11-22(20)28/h5-17,25H,4H2,1-3H3,(H,30,33)(H,31,34)/b29-16-. The molecule has 6 nitrogen and oxygen atoms in total. The van der Waals surface area contributed by atoms with Crippen LogP contribution in [-0.4, -0.2) is 28.6 Å². The summed E-state index contributed by atoms with van der Waals surface area (Å²) in [7, 11) is 0. The van der Waals surface area contributed by atoms with Crippen LogP contribution in [0.2, 0.25) is 5.02 Å². The number of carbonyl (C=O) groups excluding carboxylic acids is 2. The van der Waals surface area contributed by atoms with Crippen molar-refractivity contribution < 1.29 is 9.59 Å². The van der Waals surface area contributed by atoms with E-state index in [9.17, 15) is 9.59 Å². The Morgan fingerprint density at radius 2 is 1.71 bits per heavy atom. The number of para-hydroxylation sites is 1. The average Bonchev–Trinajstić information content (AvgIpc) is 3.15. The summed E-state index contributed by atoms with van der Waals surface area (Å²) in [5.41, 5.74) is 6.11. The molecule has 3 aromatic carbocycles. The molecular weight excluding hydrogens is 448 g/mol. The first-order chi connectivity index (χ1) is 16.4. The van der Waals surface area contributed by atoms with Crippen LogP contribution in [-0.2, 0) is 11.3 Å². The van der Waals surface area contributed by atoms with Gasteiger partial charge in [-0.25, -0.2) is 5.43 Å². The third kappa shape index (κ3) is 4.68. The van der Waals surface area contributed by atoms with E-state index in [0.717, 1.165) is 23.0 Å². The zero-order valence-corrected chi connectivity index (χ0v) is 20.1. The molecule has 0 aliphatic heterocycles. The van der Waals surface area contributed by atoms with E-state index in [2.05, 4.69) is 51.6 Å². The number of benzene rings is 3. The van der Waals surface area contributed by atoms with E-state index in [0.29, 0.717) is 10.6 Å². The maximum atomic E-state index is 12.8. The number of nitrogens with one attached hydrogen (secondary N) is 2. The maximum absolute atomic E-state index is 12.8. The van der Waals surface area contributed by atoms with E-state index < -0.39 is 17.9 Å². The van der Waals surface area contributed by atoms with Crippen LogP contribution in [0.5, 0.6) is 0 Å². The molecule has 4 rings (SSSR count). The first-order valence-electron chi connectivity index (χ1n) is 11.3. The largest absolute Gasteiger partial charge is 0.341 e. The number of hydrogen-bond acceptors (Lipinski definition) is 3. The summed E-state index contributed by atoms with van der Waals surface area (Å²) >= 11 is 6.12. The molecule has 2 amide bonds. The average molecular weight is 475 g/mol. The van der Waals surface area contributed by atoms with E-state index in [1.54, 1.807) is 30.5 Å². The lowest BCUT2D eigenvalue weighted by Crippen LogP contribution is -2.48. The van der Waals surface area contributed by atoms with Crippen LogP contribution in [0, 0.1) is 5.92 Å². The van der Waals surface area contributed by atoms with Crippen molar-refractivity contribution in [3.63, 3.8) is 0 Å². The fourth-order valence-electron chi connectivity index (χ4n) is 4.13. The quantitative estimate of drug-likeness (QED) is 0.279. The molecule has 0 saturated heterocycles. The number of nitrogens with zero attached hydrogens (tertiary/aromatic N) is 2. The first kappa shape index (κ1) is 23.5. The van der Waals surface area contributed by atoms with Gasteiger partial charge in [-0.05, 0) is 48.7 Å². The molecular formula is C27H27ClN4O2. The monoisotopic (exact) mass is 474 g/mol. The van der Waals surface area contributed by atoms with E-state index in [4.69, 9.17) is 11.6 Å². The van der Waals surface area contributed by atoms with E-state index in [-0.39, 0.29) is 5.92 Å². The molecule has 1 aromatic heterocycles. The first-order valence-corrected chi connectivity index (χ1v) is 11.7. The Bertz CT molecular complexity index is 1390. The number of hydrazone groups is 1. The second-order valence-corrected chi connectivity index (χ2v) is 8.85. The van der Waals surface area contributed by atoms with Gasteiger partial charge in [-0.3, -0.25) is 9.59 Å². The minimum Gasteiger partial charge on any atom is -0.341 e. The van der Waals surface area contributed by atoms with Crippen LogP contribution in [0.15, 0.2) is 71.8 Å². The number of aryl methyl sites for hydroxylation is 1. The van der Waals surface area contributed by atoms with Crippen LogP contribution >= 0.6 is 11.6 Å². The van der Waals surface area contributed by atoms with Crippen LogP contribution < -0.4 is 10.7 Å². The molecule has 174 valence electrons. The summed E-state index contributed by atoms with van der Waals surface area (Å²) in [6, 6.07) is 20.4. The summed E-state index contributed by atoms with van der Waals surface area (Å²) in [6.07, 6.45) is 1.61. The zero-order valence-electron chi connectivity index (χ0n) is 19.4. The number of aromatic nitrogens is 1. The Kier molecular flexibility index (Phi) is 6.98. The van der Waals surface area contributed by atoms with Gasteiger partial charge in [-0.1, -0.05) is 61.8 Å². The van der Waals surface area contributed by atoms with Crippen molar-refractivity contribution in [2.75, 3.05) is 0 Å². The van der Waals surface area contributed by atoms with Crippen molar-refractivity contribution in [3.05, 3.63) is 82.9 Å². The van der Waals surface area contributed by atoms with Gasteiger partial charge in [0.2, 0.25) is 0 Å². The minimum absolute atomic E-state index is 0.141. The summed E-state index contributed by atoms with van der Waals surface area (Å²) in [4.78, 5) is 25.4. The topological polar surface area (TPSA) is 75.5 Å². The Hall–Kier alpha value is -3.64. The summed E-state index contributed by atoms with van der Waals surface area (Å²) in [5, 5.41) is 9.57. The smallest absolute Gasteiger partial charge is 0.262 e. The lowest BCUT2D eigenvalue weighted by molar-refractivity contribution is -0.123. The predicted octanol–water partition coefficient (Wildman–Crippen LogP) is 5.37. The number of carbonyl (C=O) groups is 2. The molecule has 7 heteroatoms. The van der Waals surface area contributed by atoms with Gasteiger partial charge in [0.25, 0.3) is 11.8 Å². The van der Waals surface area contributed by atoms with E-state index in [1.165, 1.54) is 10.9 Å². The van der Waals surface area contributed by atoms with E-state index >= 15 is 0 Å². The van der Waals surface area contributed by atoms with Crippen molar-refractivity contribution in [2.24, 2.45) is 11.0 Å². The molecule has 0 aliphatic carbocycles. The van der Waals surface area contributed by atoms with Crippen molar-refractivity contribution in [3.8, 4) is 0 Å². The summed E-state index contributed by atoms with van der Waals surface area (Å²) in [5.74, 6) is -0.935. The normalized spacial score (nSPS) is 12.5. The number of hydrogen-bond donors (Lipinski definition) is 2. The molecule has 0 bridgehead atoms. The number of amides is 2. The highest BCUT2D eigenvalue weighted by atomic mass is 35.5. The van der Waals surface area contributed by atoms with Gasteiger partial charge in [0.05, 0.1) is 16.8 Å². The lowest BCUT2D eigenvalue weighted by atomic mass is 10.0. The fraction of sp³-hybridized carbons (Fsp3) is 0.222. The van der Waals surface area contributed by atoms with Crippen molar-refractivity contribution in [2.45, 2.75) is 33.4 Å². The number of rotatable bonds is 7. The molecule has 0 fully saturated rings. The maximum Gasteiger partial charge on any atom is 0.262 e. The Labute approximate surface area is 203 Å². The van der Waals surface area contributed by atoms with Gasteiger partial charge >= 0.3 is 0 Å². The number of halogens is 1. The van der Waals surface area contributed by atoms with Crippen LogP contribution in [0.25, 0.3) is 21.8 Å². The Morgan fingerprint density at radius 1 is 1.00 bits per heavy atom. The molecule has 0 aliphatic rings. The molecule has 0 spiro atoms. The van der Waals surface area contributed by atoms with Gasteiger partial charge in [0.1, 0.15) is 6.04 Å². The van der Waals surface area contributed by atoms with Crippen LogP contribution in [0.4, 0.5) is 0 Å².